The molecule has 0 unspecified atom stereocenters. The minimum absolute atomic E-state index is 0.718. The van der Waals surface area contributed by atoms with Crippen LogP contribution >= 0.6 is 27.5 Å². The first-order valence-corrected chi connectivity index (χ1v) is 11.3. The number of halogens is 2. The summed E-state index contributed by atoms with van der Waals surface area (Å²) in [6, 6.07) is 18.2. The fourth-order valence-electron chi connectivity index (χ4n) is 3.98. The Hall–Kier alpha value is -2.60. The van der Waals surface area contributed by atoms with Gasteiger partial charge in [0.05, 0.1) is 5.69 Å². The highest BCUT2D eigenvalue weighted by atomic mass is 79.9. The lowest BCUT2D eigenvalue weighted by atomic mass is 10.0. The molecule has 0 atom stereocenters. The van der Waals surface area contributed by atoms with Crippen LogP contribution in [0, 0.1) is 0 Å². The fraction of sp³-hybridized carbons (Fsp3) is 0.160. The Kier molecular flexibility index (Phi) is 5.81. The second-order valence-corrected chi connectivity index (χ2v) is 9.03. The van der Waals surface area contributed by atoms with Gasteiger partial charge in [0.15, 0.2) is 5.82 Å². The molecule has 0 spiro atoms. The van der Waals surface area contributed by atoms with Crippen molar-refractivity contribution in [1.82, 2.24) is 19.9 Å². The van der Waals surface area contributed by atoms with E-state index in [1.54, 1.807) is 0 Å². The van der Waals surface area contributed by atoms with E-state index < -0.39 is 0 Å². The van der Waals surface area contributed by atoms with Gasteiger partial charge in [-0.05, 0) is 59.2 Å². The van der Waals surface area contributed by atoms with E-state index in [2.05, 4.69) is 55.1 Å². The molecule has 1 aliphatic heterocycles. The molecule has 0 amide bonds. The maximum Gasteiger partial charge on any atom is 0.159 e. The number of nitrogens with zero attached hydrogens (tertiary/aromatic N) is 4. The van der Waals surface area contributed by atoms with Gasteiger partial charge in [0.2, 0.25) is 0 Å². The van der Waals surface area contributed by atoms with Crippen LogP contribution in [0.25, 0.3) is 22.5 Å². The number of aromatic nitrogens is 3. The first-order valence-electron chi connectivity index (χ1n) is 10.2. The molecule has 2 aromatic heterocycles. The Morgan fingerprint density at radius 2 is 1.87 bits per heavy atom. The van der Waals surface area contributed by atoms with Gasteiger partial charge in [-0.2, -0.15) is 0 Å². The van der Waals surface area contributed by atoms with Crippen LogP contribution in [0.2, 0.25) is 5.02 Å². The molecular formula is C25H20BrClN4. The number of benzene rings is 2. The van der Waals surface area contributed by atoms with Crippen molar-refractivity contribution in [2.45, 2.75) is 19.5 Å². The van der Waals surface area contributed by atoms with Gasteiger partial charge in [-0.25, -0.2) is 9.97 Å². The number of rotatable bonds is 4. The molecule has 31 heavy (non-hydrogen) atoms. The number of fused-ring (bicyclic) bond motifs is 1. The molecule has 0 aliphatic carbocycles. The lowest BCUT2D eigenvalue weighted by Gasteiger charge is -2.28. The second kappa shape index (κ2) is 8.87. The van der Waals surface area contributed by atoms with Gasteiger partial charge in [0.1, 0.15) is 0 Å². The maximum atomic E-state index is 6.00. The first-order chi connectivity index (χ1) is 15.2. The van der Waals surface area contributed by atoms with Crippen molar-refractivity contribution in [2.75, 3.05) is 6.54 Å². The molecule has 2 aromatic carbocycles. The minimum Gasteiger partial charge on any atom is -0.294 e. The van der Waals surface area contributed by atoms with Crippen LogP contribution in [-0.4, -0.2) is 26.4 Å². The van der Waals surface area contributed by atoms with Crippen LogP contribution in [0.5, 0.6) is 0 Å². The fourth-order valence-corrected chi connectivity index (χ4v) is 4.50. The third-order valence-electron chi connectivity index (χ3n) is 5.55. The van der Waals surface area contributed by atoms with Crippen LogP contribution < -0.4 is 0 Å². The number of hydrogen-bond donors (Lipinski definition) is 0. The summed E-state index contributed by atoms with van der Waals surface area (Å²) in [6.45, 7) is 2.63. The molecule has 4 nitrogen and oxygen atoms in total. The topological polar surface area (TPSA) is 41.9 Å². The molecule has 0 radical (unpaired) electrons. The van der Waals surface area contributed by atoms with Gasteiger partial charge >= 0.3 is 0 Å². The van der Waals surface area contributed by atoms with Crippen LogP contribution in [0.3, 0.4) is 0 Å². The smallest absolute Gasteiger partial charge is 0.159 e. The van der Waals surface area contributed by atoms with E-state index in [0.29, 0.717) is 0 Å². The van der Waals surface area contributed by atoms with E-state index in [1.807, 2.05) is 48.9 Å². The molecule has 0 bridgehead atoms. The summed E-state index contributed by atoms with van der Waals surface area (Å²) in [6.07, 6.45) is 6.71. The average Bonchev–Trinajstić information content (AvgIpc) is 2.80. The molecule has 154 valence electrons. The van der Waals surface area contributed by atoms with Crippen molar-refractivity contribution in [3.05, 3.63) is 99.5 Å². The number of pyridine rings is 1. The van der Waals surface area contributed by atoms with Crippen molar-refractivity contribution in [2.24, 2.45) is 0 Å². The van der Waals surface area contributed by atoms with E-state index in [0.717, 1.165) is 52.6 Å². The van der Waals surface area contributed by atoms with Gasteiger partial charge in [0.25, 0.3) is 0 Å². The predicted molar refractivity (Wildman–Crippen MR) is 128 cm³/mol. The summed E-state index contributed by atoms with van der Waals surface area (Å²) in [5.74, 6) is 0.757. The maximum absolute atomic E-state index is 6.00. The average molecular weight is 492 g/mol. The van der Waals surface area contributed by atoms with Crippen LogP contribution in [0.4, 0.5) is 0 Å². The van der Waals surface area contributed by atoms with Gasteiger partial charge in [-0.1, -0.05) is 39.7 Å². The Morgan fingerprint density at radius 1 is 1.00 bits per heavy atom. The van der Waals surface area contributed by atoms with E-state index in [4.69, 9.17) is 16.6 Å². The lowest BCUT2D eigenvalue weighted by Crippen LogP contribution is -2.31. The molecule has 1 aliphatic rings. The van der Waals surface area contributed by atoms with Crippen molar-refractivity contribution in [1.29, 1.82) is 0 Å². The van der Waals surface area contributed by atoms with Crippen LogP contribution in [0.1, 0.15) is 16.8 Å². The van der Waals surface area contributed by atoms with Gasteiger partial charge < -0.3 is 0 Å². The van der Waals surface area contributed by atoms with Crippen molar-refractivity contribution < 1.29 is 0 Å². The zero-order valence-corrected chi connectivity index (χ0v) is 19.1. The zero-order chi connectivity index (χ0) is 21.2. The summed E-state index contributed by atoms with van der Waals surface area (Å²) in [7, 11) is 0. The molecular weight excluding hydrogens is 472 g/mol. The molecule has 0 fully saturated rings. The molecule has 6 heteroatoms. The highest BCUT2D eigenvalue weighted by molar-refractivity contribution is 9.10. The number of hydrogen-bond acceptors (Lipinski definition) is 4. The van der Waals surface area contributed by atoms with E-state index >= 15 is 0 Å². The third-order valence-corrected chi connectivity index (χ3v) is 6.29. The van der Waals surface area contributed by atoms with Gasteiger partial charge in [0, 0.05) is 65.3 Å². The van der Waals surface area contributed by atoms with Gasteiger partial charge in [-0.3, -0.25) is 9.88 Å². The predicted octanol–water partition coefficient (Wildman–Crippen LogP) is 6.18. The van der Waals surface area contributed by atoms with E-state index in [-0.39, 0.29) is 0 Å². The Labute approximate surface area is 195 Å². The first kappa shape index (κ1) is 20.3. The largest absolute Gasteiger partial charge is 0.294 e. The standard InChI is InChI=1S/C25H20BrClN4/c26-21-3-1-2-18(12-21)23-8-10-28-13-19(23)15-31-11-9-24-20(16-31)14-29-25(30-24)17-4-6-22(27)7-5-17/h1-8,10,12-14H,9,11,15-16H2. The highest BCUT2D eigenvalue weighted by Gasteiger charge is 2.20. The molecule has 5 rings (SSSR count). The molecule has 4 aromatic rings. The van der Waals surface area contributed by atoms with E-state index in [9.17, 15) is 0 Å². The minimum atomic E-state index is 0.718. The van der Waals surface area contributed by atoms with Crippen LogP contribution in [0.15, 0.2) is 77.7 Å². The summed E-state index contributed by atoms with van der Waals surface area (Å²) >= 11 is 9.58. The van der Waals surface area contributed by atoms with Crippen molar-refractivity contribution in [3.8, 4) is 22.5 Å². The third kappa shape index (κ3) is 4.54. The van der Waals surface area contributed by atoms with E-state index in [1.165, 1.54) is 22.3 Å². The highest BCUT2D eigenvalue weighted by Crippen LogP contribution is 2.28. The Morgan fingerprint density at radius 3 is 2.71 bits per heavy atom. The Bertz CT molecular complexity index is 1230. The zero-order valence-electron chi connectivity index (χ0n) is 16.8. The Balaban J connectivity index is 1.36. The van der Waals surface area contributed by atoms with Crippen molar-refractivity contribution in [3.63, 3.8) is 0 Å². The monoisotopic (exact) mass is 490 g/mol. The van der Waals surface area contributed by atoms with Gasteiger partial charge in [-0.15, -0.1) is 0 Å². The summed E-state index contributed by atoms with van der Waals surface area (Å²) in [5, 5.41) is 0.718. The SMILES string of the molecule is Clc1ccc(-c2ncc3c(n2)CCN(Cc2cnccc2-c2cccc(Br)c2)C3)cc1. The molecule has 3 heterocycles. The summed E-state index contributed by atoms with van der Waals surface area (Å²) < 4.78 is 1.08. The molecule has 0 saturated heterocycles. The quantitative estimate of drug-likeness (QED) is 0.342. The summed E-state index contributed by atoms with van der Waals surface area (Å²) in [4.78, 5) is 16.3. The normalized spacial score (nSPS) is 13.7. The molecule has 0 N–H and O–H groups in total. The lowest BCUT2D eigenvalue weighted by molar-refractivity contribution is 0.243. The molecule has 0 saturated carbocycles. The van der Waals surface area contributed by atoms with Crippen LogP contribution in [-0.2, 0) is 19.5 Å². The second-order valence-electron chi connectivity index (χ2n) is 7.68. The summed E-state index contributed by atoms with van der Waals surface area (Å²) in [5.41, 5.74) is 6.95. The van der Waals surface area contributed by atoms with Crippen molar-refractivity contribution >= 4 is 27.5 Å².